The fraction of sp³-hybridized carbons (Fsp3) is 0.458. The zero-order chi connectivity index (χ0) is 18.9. The van der Waals surface area contributed by atoms with Crippen molar-refractivity contribution in [2.24, 2.45) is 0 Å². The van der Waals surface area contributed by atoms with Gasteiger partial charge in [-0.2, -0.15) is 0 Å². The summed E-state index contributed by atoms with van der Waals surface area (Å²) in [6.07, 6.45) is 10.7. The molecule has 0 bridgehead atoms. The first-order valence-corrected chi connectivity index (χ1v) is 9.95. The predicted octanol–water partition coefficient (Wildman–Crippen LogP) is 7.04. The van der Waals surface area contributed by atoms with Gasteiger partial charge in [-0.05, 0) is 17.5 Å². The Labute approximate surface area is 159 Å². The molecule has 0 radical (unpaired) electrons. The van der Waals surface area contributed by atoms with Gasteiger partial charge in [-0.25, -0.2) is 0 Å². The molecule has 0 fully saturated rings. The third-order valence-corrected chi connectivity index (χ3v) is 4.34. The van der Waals surface area contributed by atoms with Crippen LogP contribution in [0.4, 0.5) is 0 Å². The zero-order valence-corrected chi connectivity index (χ0v) is 16.5. The summed E-state index contributed by atoms with van der Waals surface area (Å²) in [5.74, 6) is -0.0732. The maximum Gasteiger partial charge on any atom is 0.305 e. The number of carbonyl (C=O) groups excluding carboxylic acids is 1. The van der Waals surface area contributed by atoms with E-state index in [0.717, 1.165) is 6.42 Å². The summed E-state index contributed by atoms with van der Waals surface area (Å²) in [5, 5.41) is 0. The van der Waals surface area contributed by atoms with Crippen molar-refractivity contribution in [3.8, 4) is 11.1 Å². The van der Waals surface area contributed by atoms with Crippen molar-refractivity contribution >= 4 is 5.97 Å². The fourth-order valence-electron chi connectivity index (χ4n) is 2.77. The van der Waals surface area contributed by atoms with Crippen LogP contribution in [0.1, 0.15) is 64.7 Å². The van der Waals surface area contributed by atoms with Gasteiger partial charge in [-0.3, -0.25) is 4.79 Å². The first-order valence-electron chi connectivity index (χ1n) is 9.95. The molecule has 0 saturated heterocycles. The number of hydrogen-bond acceptors (Lipinski definition) is 2. The number of methoxy groups -OCH3 is 1. The molecule has 142 valence electrons. The quantitative estimate of drug-likeness (QED) is 0.338. The number of unbranched alkanes of at least 4 members (excludes halogenated alkanes) is 7. The molecule has 2 nitrogen and oxygen atoms in total. The van der Waals surface area contributed by atoms with Crippen LogP contribution in [-0.2, 0) is 9.53 Å². The highest BCUT2D eigenvalue weighted by Crippen LogP contribution is 2.17. The van der Waals surface area contributed by atoms with Crippen LogP contribution >= 0.6 is 0 Å². The van der Waals surface area contributed by atoms with E-state index in [9.17, 15) is 4.79 Å². The van der Waals surface area contributed by atoms with E-state index in [1.165, 1.54) is 63.2 Å². The van der Waals surface area contributed by atoms with Crippen LogP contribution in [0.5, 0.6) is 0 Å². The summed E-state index contributed by atoms with van der Waals surface area (Å²) in [4.78, 5) is 10.8. The molecule has 2 aromatic rings. The van der Waals surface area contributed by atoms with Gasteiger partial charge in [-0.15, -0.1) is 0 Å². The highest BCUT2D eigenvalue weighted by molar-refractivity contribution is 5.69. The van der Waals surface area contributed by atoms with Crippen molar-refractivity contribution in [2.45, 2.75) is 64.7 Å². The van der Waals surface area contributed by atoms with Crippen LogP contribution in [0, 0.1) is 0 Å². The molecule has 0 unspecified atom stereocenters. The Morgan fingerprint density at radius 3 is 1.54 bits per heavy atom. The second-order valence-corrected chi connectivity index (χ2v) is 6.53. The van der Waals surface area contributed by atoms with Crippen molar-refractivity contribution in [1.82, 2.24) is 0 Å². The largest absolute Gasteiger partial charge is 0.469 e. The molecule has 0 atom stereocenters. The monoisotopic (exact) mass is 354 g/mol. The summed E-state index contributed by atoms with van der Waals surface area (Å²) < 4.78 is 4.57. The molecule has 0 N–H and O–H groups in total. The highest BCUT2D eigenvalue weighted by atomic mass is 16.5. The molecule has 0 aliphatic heterocycles. The Hall–Kier alpha value is -2.09. The first kappa shape index (κ1) is 22.0. The minimum Gasteiger partial charge on any atom is -0.469 e. The molecule has 0 heterocycles. The Kier molecular flexibility index (Phi) is 12.8. The third kappa shape index (κ3) is 10.7. The van der Waals surface area contributed by atoms with Gasteiger partial charge < -0.3 is 4.74 Å². The minimum atomic E-state index is -0.0732. The van der Waals surface area contributed by atoms with Gasteiger partial charge in [0.2, 0.25) is 0 Å². The minimum absolute atomic E-state index is 0.0732. The van der Waals surface area contributed by atoms with Gasteiger partial charge in [0, 0.05) is 6.42 Å². The van der Waals surface area contributed by atoms with Crippen molar-refractivity contribution in [3.63, 3.8) is 0 Å². The van der Waals surface area contributed by atoms with Crippen molar-refractivity contribution < 1.29 is 9.53 Å². The van der Waals surface area contributed by atoms with E-state index < -0.39 is 0 Å². The number of hydrogen-bond donors (Lipinski definition) is 0. The normalized spacial score (nSPS) is 9.92. The highest BCUT2D eigenvalue weighted by Gasteiger charge is 1.98. The molecule has 0 aliphatic carbocycles. The maximum absolute atomic E-state index is 10.8. The van der Waals surface area contributed by atoms with E-state index >= 15 is 0 Å². The van der Waals surface area contributed by atoms with Gasteiger partial charge in [0.25, 0.3) is 0 Å². The van der Waals surface area contributed by atoms with Crippen LogP contribution in [-0.4, -0.2) is 13.1 Å². The lowest BCUT2D eigenvalue weighted by atomic mass is 10.1. The Morgan fingerprint density at radius 1 is 0.692 bits per heavy atom. The Morgan fingerprint density at radius 2 is 1.12 bits per heavy atom. The maximum atomic E-state index is 10.8. The predicted molar refractivity (Wildman–Crippen MR) is 111 cm³/mol. The lowest BCUT2D eigenvalue weighted by Gasteiger charge is -2.00. The van der Waals surface area contributed by atoms with Gasteiger partial charge in [-0.1, -0.05) is 113 Å². The number of rotatable bonds is 10. The van der Waals surface area contributed by atoms with Crippen molar-refractivity contribution in [3.05, 3.63) is 60.7 Å². The average molecular weight is 355 g/mol. The summed E-state index contributed by atoms with van der Waals surface area (Å²) >= 11 is 0. The SMILES string of the molecule is CCCCCCCCCCC(=O)OC.c1ccc(-c2ccccc2)cc1. The van der Waals surface area contributed by atoms with Gasteiger partial charge in [0.1, 0.15) is 0 Å². The number of esters is 1. The molecule has 0 amide bonds. The van der Waals surface area contributed by atoms with Crippen LogP contribution in [0.25, 0.3) is 11.1 Å². The first-order chi connectivity index (χ1) is 12.8. The molecule has 0 aromatic heterocycles. The Bertz CT molecular complexity index is 526. The smallest absolute Gasteiger partial charge is 0.305 e. The zero-order valence-electron chi connectivity index (χ0n) is 16.5. The van der Waals surface area contributed by atoms with E-state index in [1.54, 1.807) is 0 Å². The molecule has 0 saturated carbocycles. The second kappa shape index (κ2) is 15.2. The molecular weight excluding hydrogens is 320 g/mol. The van der Waals surface area contributed by atoms with Crippen molar-refractivity contribution in [2.75, 3.05) is 7.11 Å². The van der Waals surface area contributed by atoms with Crippen LogP contribution < -0.4 is 0 Å². The molecule has 0 aliphatic rings. The van der Waals surface area contributed by atoms with Gasteiger partial charge in [0.15, 0.2) is 0 Å². The van der Waals surface area contributed by atoms with E-state index in [-0.39, 0.29) is 5.97 Å². The topological polar surface area (TPSA) is 26.3 Å². The average Bonchev–Trinajstić information content (AvgIpc) is 2.71. The van der Waals surface area contributed by atoms with Gasteiger partial charge in [0.05, 0.1) is 7.11 Å². The molecular formula is C24H34O2. The lowest BCUT2D eigenvalue weighted by molar-refractivity contribution is -0.140. The summed E-state index contributed by atoms with van der Waals surface area (Å²) in [5.41, 5.74) is 2.55. The van der Waals surface area contributed by atoms with E-state index in [1.807, 2.05) is 12.1 Å². The fourth-order valence-corrected chi connectivity index (χ4v) is 2.77. The van der Waals surface area contributed by atoms with E-state index in [2.05, 4.69) is 60.2 Å². The van der Waals surface area contributed by atoms with E-state index in [0.29, 0.717) is 6.42 Å². The number of benzene rings is 2. The lowest BCUT2D eigenvalue weighted by Crippen LogP contribution is -1.99. The van der Waals surface area contributed by atoms with Crippen LogP contribution in [0.15, 0.2) is 60.7 Å². The molecule has 0 spiro atoms. The molecule has 2 rings (SSSR count). The second-order valence-electron chi connectivity index (χ2n) is 6.53. The van der Waals surface area contributed by atoms with Gasteiger partial charge >= 0.3 is 5.97 Å². The molecule has 2 heteroatoms. The van der Waals surface area contributed by atoms with E-state index in [4.69, 9.17) is 0 Å². The Balaban J connectivity index is 0.000000262. The summed E-state index contributed by atoms with van der Waals surface area (Å²) in [6.45, 7) is 2.23. The number of carbonyl (C=O) groups is 1. The number of ether oxygens (including phenoxy) is 1. The molecule has 26 heavy (non-hydrogen) atoms. The summed E-state index contributed by atoms with van der Waals surface area (Å²) in [6, 6.07) is 20.8. The van der Waals surface area contributed by atoms with Crippen LogP contribution in [0.3, 0.4) is 0 Å². The standard InChI is InChI=1S/C12H24O2.C12H10/c1-3-4-5-6-7-8-9-10-11-12(13)14-2;1-3-7-11(8-4-1)12-9-5-2-6-10-12/h3-11H2,1-2H3;1-10H. The van der Waals surface area contributed by atoms with Crippen molar-refractivity contribution in [1.29, 1.82) is 0 Å². The molecule has 2 aromatic carbocycles. The van der Waals surface area contributed by atoms with Crippen LogP contribution in [0.2, 0.25) is 0 Å². The third-order valence-electron chi connectivity index (χ3n) is 4.34. The summed E-state index contributed by atoms with van der Waals surface area (Å²) in [7, 11) is 1.45.